The van der Waals surface area contributed by atoms with Gasteiger partial charge in [-0.05, 0) is 36.2 Å². The van der Waals surface area contributed by atoms with Crippen LogP contribution in [0.15, 0.2) is 42.5 Å². The maximum atomic E-state index is 13.5. The first kappa shape index (κ1) is 12.9. The standard InChI is InChI=1S/C15H14ClFO/c1-2-11-4-3-5-14(8-11)18-10-12-6-7-13(16)9-15(12)17/h3-9H,2,10H2,1H3. The molecule has 0 N–H and O–H groups in total. The van der Waals surface area contributed by atoms with Crippen LogP contribution in [0.1, 0.15) is 18.1 Å². The molecule has 18 heavy (non-hydrogen) atoms. The summed E-state index contributed by atoms with van der Waals surface area (Å²) in [7, 11) is 0. The highest BCUT2D eigenvalue weighted by Gasteiger charge is 2.04. The minimum Gasteiger partial charge on any atom is -0.489 e. The van der Waals surface area contributed by atoms with Crippen LogP contribution in [0.2, 0.25) is 5.02 Å². The average molecular weight is 265 g/mol. The molecule has 0 unspecified atom stereocenters. The highest BCUT2D eigenvalue weighted by atomic mass is 35.5. The van der Waals surface area contributed by atoms with Crippen molar-refractivity contribution in [2.75, 3.05) is 0 Å². The van der Waals surface area contributed by atoms with E-state index in [1.165, 1.54) is 11.6 Å². The highest BCUT2D eigenvalue weighted by molar-refractivity contribution is 6.30. The second-order valence-electron chi connectivity index (χ2n) is 4.03. The van der Waals surface area contributed by atoms with Gasteiger partial charge in [0.1, 0.15) is 18.2 Å². The minimum absolute atomic E-state index is 0.205. The van der Waals surface area contributed by atoms with Gasteiger partial charge in [0.25, 0.3) is 0 Å². The molecule has 0 aliphatic carbocycles. The molecule has 3 heteroatoms. The van der Waals surface area contributed by atoms with Gasteiger partial charge in [0.15, 0.2) is 0 Å². The summed E-state index contributed by atoms with van der Waals surface area (Å²) in [6, 6.07) is 12.4. The van der Waals surface area contributed by atoms with E-state index >= 15 is 0 Å². The van der Waals surface area contributed by atoms with Crippen LogP contribution >= 0.6 is 11.6 Å². The molecule has 2 aromatic rings. The topological polar surface area (TPSA) is 9.23 Å². The quantitative estimate of drug-likeness (QED) is 0.783. The number of benzene rings is 2. The predicted molar refractivity (Wildman–Crippen MR) is 71.6 cm³/mol. The number of halogens is 2. The number of rotatable bonds is 4. The molecule has 0 aromatic heterocycles. The van der Waals surface area contributed by atoms with Gasteiger partial charge in [0.05, 0.1) is 0 Å². The third-order valence-electron chi connectivity index (χ3n) is 2.72. The van der Waals surface area contributed by atoms with Crippen LogP contribution in [0.4, 0.5) is 4.39 Å². The van der Waals surface area contributed by atoms with Crippen LogP contribution in [-0.2, 0) is 13.0 Å². The van der Waals surface area contributed by atoms with E-state index in [0.717, 1.165) is 12.2 Å². The van der Waals surface area contributed by atoms with Gasteiger partial charge in [-0.3, -0.25) is 0 Å². The van der Waals surface area contributed by atoms with Crippen molar-refractivity contribution in [3.8, 4) is 5.75 Å². The molecule has 2 rings (SSSR count). The molecular formula is C15H14ClFO. The Labute approximate surface area is 111 Å². The van der Waals surface area contributed by atoms with Crippen molar-refractivity contribution in [2.45, 2.75) is 20.0 Å². The third-order valence-corrected chi connectivity index (χ3v) is 2.95. The number of ether oxygens (including phenoxy) is 1. The molecular weight excluding hydrogens is 251 g/mol. The zero-order valence-electron chi connectivity index (χ0n) is 10.1. The van der Waals surface area contributed by atoms with Crippen LogP contribution in [0, 0.1) is 5.82 Å². The molecule has 0 atom stereocenters. The lowest BCUT2D eigenvalue weighted by Crippen LogP contribution is -1.98. The van der Waals surface area contributed by atoms with Gasteiger partial charge in [-0.1, -0.05) is 36.7 Å². The van der Waals surface area contributed by atoms with Crippen molar-refractivity contribution in [3.63, 3.8) is 0 Å². The lowest BCUT2D eigenvalue weighted by molar-refractivity contribution is 0.299. The summed E-state index contributed by atoms with van der Waals surface area (Å²) >= 11 is 5.69. The maximum absolute atomic E-state index is 13.5. The summed E-state index contributed by atoms with van der Waals surface area (Å²) in [6.07, 6.45) is 0.951. The minimum atomic E-state index is -0.339. The lowest BCUT2D eigenvalue weighted by Gasteiger charge is -2.08. The van der Waals surface area contributed by atoms with E-state index in [2.05, 4.69) is 6.92 Å². The maximum Gasteiger partial charge on any atom is 0.131 e. The first-order valence-corrected chi connectivity index (χ1v) is 6.22. The van der Waals surface area contributed by atoms with Crippen molar-refractivity contribution < 1.29 is 9.13 Å². The van der Waals surface area contributed by atoms with E-state index in [1.807, 2.05) is 24.3 Å². The van der Waals surface area contributed by atoms with Gasteiger partial charge in [0, 0.05) is 10.6 Å². The number of hydrogen-bond donors (Lipinski definition) is 0. The Hall–Kier alpha value is -1.54. The van der Waals surface area contributed by atoms with Crippen molar-refractivity contribution in [2.24, 2.45) is 0 Å². The molecule has 0 amide bonds. The monoisotopic (exact) mass is 264 g/mol. The van der Waals surface area contributed by atoms with Gasteiger partial charge < -0.3 is 4.74 Å². The summed E-state index contributed by atoms with van der Waals surface area (Å²) in [5, 5.41) is 0.393. The average Bonchev–Trinajstić information content (AvgIpc) is 2.38. The molecule has 0 saturated heterocycles. The Morgan fingerprint density at radius 1 is 1.17 bits per heavy atom. The van der Waals surface area contributed by atoms with E-state index in [0.29, 0.717) is 10.6 Å². The van der Waals surface area contributed by atoms with E-state index < -0.39 is 0 Å². The smallest absolute Gasteiger partial charge is 0.131 e. The normalized spacial score (nSPS) is 10.4. The first-order valence-electron chi connectivity index (χ1n) is 5.84. The van der Waals surface area contributed by atoms with Crippen LogP contribution in [0.3, 0.4) is 0 Å². The Morgan fingerprint density at radius 3 is 2.72 bits per heavy atom. The van der Waals surface area contributed by atoms with E-state index in [1.54, 1.807) is 12.1 Å². The molecule has 94 valence electrons. The Bertz CT molecular complexity index is 540. The second-order valence-corrected chi connectivity index (χ2v) is 4.46. The van der Waals surface area contributed by atoms with Crippen molar-refractivity contribution in [1.82, 2.24) is 0 Å². The van der Waals surface area contributed by atoms with Crippen molar-refractivity contribution >= 4 is 11.6 Å². The summed E-state index contributed by atoms with van der Waals surface area (Å²) in [6.45, 7) is 2.29. The van der Waals surface area contributed by atoms with Crippen LogP contribution < -0.4 is 4.74 Å². The second kappa shape index (κ2) is 5.87. The Morgan fingerprint density at radius 2 is 2.00 bits per heavy atom. The molecule has 2 aromatic carbocycles. The van der Waals surface area contributed by atoms with Crippen LogP contribution in [-0.4, -0.2) is 0 Å². The van der Waals surface area contributed by atoms with Gasteiger partial charge in [-0.25, -0.2) is 4.39 Å². The third kappa shape index (κ3) is 3.23. The summed E-state index contributed by atoms with van der Waals surface area (Å²) in [4.78, 5) is 0. The Balaban J connectivity index is 2.06. The fourth-order valence-electron chi connectivity index (χ4n) is 1.66. The molecule has 0 heterocycles. The van der Waals surface area contributed by atoms with Crippen molar-refractivity contribution in [1.29, 1.82) is 0 Å². The fraction of sp³-hybridized carbons (Fsp3) is 0.200. The number of hydrogen-bond acceptors (Lipinski definition) is 1. The summed E-state index contributed by atoms with van der Waals surface area (Å²) in [5.74, 6) is 0.415. The van der Waals surface area contributed by atoms with Crippen LogP contribution in [0.5, 0.6) is 5.75 Å². The molecule has 0 aliphatic heterocycles. The van der Waals surface area contributed by atoms with Crippen molar-refractivity contribution in [3.05, 3.63) is 64.4 Å². The molecule has 0 spiro atoms. The molecule has 0 bridgehead atoms. The van der Waals surface area contributed by atoms with Gasteiger partial charge >= 0.3 is 0 Å². The molecule has 0 radical (unpaired) electrons. The zero-order valence-corrected chi connectivity index (χ0v) is 10.9. The first-order chi connectivity index (χ1) is 8.69. The summed E-state index contributed by atoms with van der Waals surface area (Å²) in [5.41, 5.74) is 1.70. The summed E-state index contributed by atoms with van der Waals surface area (Å²) < 4.78 is 19.1. The Kier molecular flexibility index (Phi) is 4.21. The molecule has 1 nitrogen and oxygen atoms in total. The number of aryl methyl sites for hydroxylation is 1. The van der Waals surface area contributed by atoms with E-state index in [4.69, 9.17) is 16.3 Å². The molecule has 0 aliphatic rings. The van der Waals surface area contributed by atoms with Gasteiger partial charge in [-0.2, -0.15) is 0 Å². The van der Waals surface area contributed by atoms with E-state index in [9.17, 15) is 4.39 Å². The fourth-order valence-corrected chi connectivity index (χ4v) is 1.81. The zero-order chi connectivity index (χ0) is 13.0. The van der Waals surface area contributed by atoms with Gasteiger partial charge in [0.2, 0.25) is 0 Å². The predicted octanol–water partition coefficient (Wildman–Crippen LogP) is 4.62. The van der Waals surface area contributed by atoms with E-state index in [-0.39, 0.29) is 12.4 Å². The SMILES string of the molecule is CCc1cccc(OCc2ccc(Cl)cc2F)c1. The molecule has 0 saturated carbocycles. The lowest BCUT2D eigenvalue weighted by atomic mass is 10.1. The van der Waals surface area contributed by atoms with Gasteiger partial charge in [-0.15, -0.1) is 0 Å². The molecule has 0 fully saturated rings. The largest absolute Gasteiger partial charge is 0.489 e. The highest BCUT2D eigenvalue weighted by Crippen LogP contribution is 2.18. The van der Waals surface area contributed by atoms with Crippen LogP contribution in [0.25, 0.3) is 0 Å².